The minimum atomic E-state index is 0.101. The molecule has 1 aromatic carbocycles. The molecule has 3 rings (SSSR count). The second kappa shape index (κ2) is 6.09. The highest BCUT2D eigenvalue weighted by molar-refractivity contribution is 5.57. The van der Waals surface area contributed by atoms with Crippen LogP contribution in [0.1, 0.15) is 26.2 Å². The molecule has 2 unspecified atom stereocenters. The third kappa shape index (κ3) is 3.02. The average molecular weight is 272 g/mol. The van der Waals surface area contributed by atoms with Gasteiger partial charge in [0, 0.05) is 17.7 Å². The van der Waals surface area contributed by atoms with Crippen LogP contribution in [0.25, 0.3) is 11.3 Å². The number of nitrogens with zero attached hydrogens (tertiary/aromatic N) is 1. The van der Waals surface area contributed by atoms with Gasteiger partial charge in [0.25, 0.3) is 5.88 Å². The number of rotatable bonds is 4. The molecule has 1 fully saturated rings. The van der Waals surface area contributed by atoms with Crippen molar-refractivity contribution in [1.82, 2.24) is 10.5 Å². The Hall–Kier alpha value is -1.81. The van der Waals surface area contributed by atoms with E-state index in [1.54, 1.807) is 0 Å². The number of hydrogen-bond acceptors (Lipinski definition) is 4. The molecule has 1 aliphatic rings. The van der Waals surface area contributed by atoms with Crippen LogP contribution in [-0.2, 0) is 0 Å². The van der Waals surface area contributed by atoms with E-state index in [2.05, 4.69) is 17.4 Å². The molecule has 0 aliphatic carbocycles. The Balaban J connectivity index is 1.65. The van der Waals surface area contributed by atoms with E-state index >= 15 is 0 Å². The molecule has 1 aliphatic heterocycles. The summed E-state index contributed by atoms with van der Waals surface area (Å²) in [4.78, 5) is 0. The number of nitrogens with one attached hydrogen (secondary N) is 1. The summed E-state index contributed by atoms with van der Waals surface area (Å²) in [5.41, 5.74) is 1.01. The zero-order valence-corrected chi connectivity index (χ0v) is 11.7. The number of benzene rings is 1. The molecule has 0 saturated carbocycles. The maximum Gasteiger partial charge on any atom is 0.255 e. The second-order valence-electron chi connectivity index (χ2n) is 5.27. The SMILES string of the molecule is CC(Oc1cc(-c2ccccc2)on1)C1CCCCN1. The first-order chi connectivity index (χ1) is 9.83. The van der Waals surface area contributed by atoms with Crippen molar-refractivity contribution >= 4 is 0 Å². The fourth-order valence-electron chi connectivity index (χ4n) is 2.61. The highest BCUT2D eigenvalue weighted by Crippen LogP contribution is 2.24. The first-order valence-corrected chi connectivity index (χ1v) is 7.25. The zero-order chi connectivity index (χ0) is 13.8. The van der Waals surface area contributed by atoms with E-state index in [0.29, 0.717) is 11.9 Å². The molecule has 1 N–H and O–H groups in total. The Morgan fingerprint density at radius 3 is 2.90 bits per heavy atom. The molecule has 2 aromatic rings. The molecule has 0 bridgehead atoms. The van der Waals surface area contributed by atoms with E-state index < -0.39 is 0 Å². The Bertz CT molecular complexity index is 532. The van der Waals surface area contributed by atoms with Gasteiger partial charge in [-0.05, 0) is 31.5 Å². The molecule has 20 heavy (non-hydrogen) atoms. The lowest BCUT2D eigenvalue weighted by molar-refractivity contribution is 0.141. The third-order valence-corrected chi connectivity index (χ3v) is 3.77. The van der Waals surface area contributed by atoms with Crippen LogP contribution in [0.2, 0.25) is 0 Å². The molecular weight excluding hydrogens is 252 g/mol. The van der Waals surface area contributed by atoms with E-state index in [1.165, 1.54) is 12.8 Å². The number of ether oxygens (including phenoxy) is 1. The van der Waals surface area contributed by atoms with Gasteiger partial charge in [-0.3, -0.25) is 0 Å². The van der Waals surface area contributed by atoms with Gasteiger partial charge in [-0.15, -0.1) is 0 Å². The molecule has 2 atom stereocenters. The first kappa shape index (κ1) is 13.2. The van der Waals surface area contributed by atoms with Crippen molar-refractivity contribution in [2.75, 3.05) is 6.54 Å². The highest BCUT2D eigenvalue weighted by atomic mass is 16.5. The Labute approximate surface area is 119 Å². The Morgan fingerprint density at radius 1 is 1.30 bits per heavy atom. The van der Waals surface area contributed by atoms with Gasteiger partial charge >= 0.3 is 0 Å². The molecule has 2 heterocycles. The molecule has 1 saturated heterocycles. The summed E-state index contributed by atoms with van der Waals surface area (Å²) in [6, 6.07) is 12.2. The molecule has 1 aromatic heterocycles. The fourth-order valence-corrected chi connectivity index (χ4v) is 2.61. The molecule has 0 radical (unpaired) electrons. The van der Waals surface area contributed by atoms with Crippen LogP contribution in [-0.4, -0.2) is 23.8 Å². The summed E-state index contributed by atoms with van der Waals surface area (Å²) in [5, 5.41) is 7.50. The predicted octanol–water partition coefficient (Wildman–Crippen LogP) is 3.25. The lowest BCUT2D eigenvalue weighted by Crippen LogP contribution is -2.44. The lowest BCUT2D eigenvalue weighted by atomic mass is 10.0. The van der Waals surface area contributed by atoms with Gasteiger partial charge in [0.05, 0.1) is 0 Å². The first-order valence-electron chi connectivity index (χ1n) is 7.25. The minimum Gasteiger partial charge on any atom is -0.471 e. The largest absolute Gasteiger partial charge is 0.471 e. The van der Waals surface area contributed by atoms with Crippen LogP contribution in [0.3, 0.4) is 0 Å². The van der Waals surface area contributed by atoms with E-state index in [4.69, 9.17) is 9.26 Å². The maximum absolute atomic E-state index is 5.89. The van der Waals surface area contributed by atoms with E-state index in [9.17, 15) is 0 Å². The van der Waals surface area contributed by atoms with Gasteiger partial charge in [0.1, 0.15) is 6.10 Å². The van der Waals surface area contributed by atoms with Crippen LogP contribution in [0.4, 0.5) is 0 Å². The van der Waals surface area contributed by atoms with Gasteiger partial charge < -0.3 is 14.6 Å². The predicted molar refractivity (Wildman–Crippen MR) is 77.7 cm³/mol. The lowest BCUT2D eigenvalue weighted by Gasteiger charge is -2.28. The number of aromatic nitrogens is 1. The van der Waals surface area contributed by atoms with E-state index in [1.807, 2.05) is 36.4 Å². The van der Waals surface area contributed by atoms with E-state index in [0.717, 1.165) is 24.3 Å². The van der Waals surface area contributed by atoms with Gasteiger partial charge in [0.2, 0.25) is 0 Å². The van der Waals surface area contributed by atoms with Crippen LogP contribution in [0.15, 0.2) is 40.9 Å². The van der Waals surface area contributed by atoms with Crippen molar-refractivity contribution in [3.63, 3.8) is 0 Å². The molecule has 4 nitrogen and oxygen atoms in total. The summed E-state index contributed by atoms with van der Waals surface area (Å²) in [7, 11) is 0. The quantitative estimate of drug-likeness (QED) is 0.928. The van der Waals surface area contributed by atoms with Crippen molar-refractivity contribution in [2.24, 2.45) is 0 Å². The summed E-state index contributed by atoms with van der Waals surface area (Å²) in [6.07, 6.45) is 3.78. The summed E-state index contributed by atoms with van der Waals surface area (Å²) in [5.74, 6) is 1.30. The summed E-state index contributed by atoms with van der Waals surface area (Å²) >= 11 is 0. The molecular formula is C16H20N2O2. The van der Waals surface area contributed by atoms with Gasteiger partial charge in [-0.1, -0.05) is 36.8 Å². The maximum atomic E-state index is 5.89. The second-order valence-corrected chi connectivity index (χ2v) is 5.27. The zero-order valence-electron chi connectivity index (χ0n) is 11.7. The number of piperidine rings is 1. The van der Waals surface area contributed by atoms with Gasteiger partial charge in [0.15, 0.2) is 5.76 Å². The van der Waals surface area contributed by atoms with Crippen molar-refractivity contribution < 1.29 is 9.26 Å². The molecule has 0 amide bonds. The molecule has 4 heteroatoms. The van der Waals surface area contributed by atoms with Gasteiger partial charge in [-0.2, -0.15) is 0 Å². The summed E-state index contributed by atoms with van der Waals surface area (Å²) < 4.78 is 11.2. The van der Waals surface area contributed by atoms with Crippen LogP contribution < -0.4 is 10.1 Å². The average Bonchev–Trinajstić information content (AvgIpc) is 2.97. The summed E-state index contributed by atoms with van der Waals surface area (Å²) in [6.45, 7) is 3.16. The molecule has 106 valence electrons. The monoisotopic (exact) mass is 272 g/mol. The van der Waals surface area contributed by atoms with Crippen LogP contribution in [0, 0.1) is 0 Å². The number of hydrogen-bond donors (Lipinski definition) is 1. The third-order valence-electron chi connectivity index (χ3n) is 3.77. The van der Waals surface area contributed by atoms with Crippen molar-refractivity contribution in [3.05, 3.63) is 36.4 Å². The topological polar surface area (TPSA) is 47.3 Å². The standard InChI is InChI=1S/C16H20N2O2/c1-12(14-9-5-6-10-17-14)19-16-11-15(20-18-16)13-7-3-2-4-8-13/h2-4,7-8,11-12,14,17H,5-6,9-10H2,1H3. The van der Waals surface area contributed by atoms with Crippen molar-refractivity contribution in [1.29, 1.82) is 0 Å². The normalized spacial score (nSPS) is 20.6. The Kier molecular flexibility index (Phi) is 4.02. The molecule has 0 spiro atoms. The van der Waals surface area contributed by atoms with Gasteiger partial charge in [-0.25, -0.2) is 0 Å². The fraction of sp³-hybridized carbons (Fsp3) is 0.438. The van der Waals surface area contributed by atoms with Crippen LogP contribution in [0.5, 0.6) is 5.88 Å². The minimum absolute atomic E-state index is 0.101. The smallest absolute Gasteiger partial charge is 0.255 e. The highest BCUT2D eigenvalue weighted by Gasteiger charge is 2.22. The van der Waals surface area contributed by atoms with Crippen LogP contribution >= 0.6 is 0 Å². The Morgan fingerprint density at radius 2 is 2.15 bits per heavy atom. The van der Waals surface area contributed by atoms with E-state index in [-0.39, 0.29) is 6.10 Å². The van der Waals surface area contributed by atoms with Crippen molar-refractivity contribution in [3.8, 4) is 17.2 Å². The van der Waals surface area contributed by atoms with Crippen molar-refractivity contribution in [2.45, 2.75) is 38.3 Å².